The van der Waals surface area contributed by atoms with Gasteiger partial charge in [0.25, 0.3) is 5.91 Å². The zero-order valence-corrected chi connectivity index (χ0v) is 14.9. The van der Waals surface area contributed by atoms with E-state index >= 15 is 0 Å². The monoisotopic (exact) mass is 360 g/mol. The molecule has 1 aliphatic carbocycles. The molecule has 1 fully saturated rings. The summed E-state index contributed by atoms with van der Waals surface area (Å²) in [7, 11) is -0.353. The minimum Gasteiger partial charge on any atom is -0.497 e. The van der Waals surface area contributed by atoms with Gasteiger partial charge in [-0.3, -0.25) is 4.79 Å². The summed E-state index contributed by atoms with van der Waals surface area (Å²) >= 11 is 0. The highest BCUT2D eigenvalue weighted by atomic mass is 32.2. The molecule has 1 N–H and O–H groups in total. The van der Waals surface area contributed by atoms with Crippen LogP contribution in [0.15, 0.2) is 53.4 Å². The number of hydrogen-bond donors (Lipinski definition) is 1. The zero-order valence-electron chi connectivity index (χ0n) is 14.1. The lowest BCUT2D eigenvalue weighted by Crippen LogP contribution is -2.29. The average molecular weight is 360 g/mol. The van der Waals surface area contributed by atoms with Crippen LogP contribution < -0.4 is 10.1 Å². The van der Waals surface area contributed by atoms with Gasteiger partial charge in [0.2, 0.25) is 10.0 Å². The van der Waals surface area contributed by atoms with E-state index in [2.05, 4.69) is 5.32 Å². The van der Waals surface area contributed by atoms with Crippen LogP contribution in [-0.4, -0.2) is 38.8 Å². The van der Waals surface area contributed by atoms with Gasteiger partial charge in [-0.2, -0.15) is 4.31 Å². The van der Waals surface area contributed by atoms with E-state index in [0.29, 0.717) is 17.0 Å². The molecule has 0 radical (unpaired) electrons. The minimum atomic E-state index is -3.50. The lowest BCUT2D eigenvalue weighted by Gasteiger charge is -2.16. The van der Waals surface area contributed by atoms with Crippen molar-refractivity contribution in [1.29, 1.82) is 0 Å². The van der Waals surface area contributed by atoms with Gasteiger partial charge in [-0.05, 0) is 49.2 Å². The molecule has 1 amide bonds. The van der Waals surface area contributed by atoms with Crippen LogP contribution in [0.2, 0.25) is 0 Å². The van der Waals surface area contributed by atoms with Crippen molar-refractivity contribution >= 4 is 21.6 Å². The lowest BCUT2D eigenvalue weighted by atomic mass is 10.2. The number of hydrogen-bond acceptors (Lipinski definition) is 4. The smallest absolute Gasteiger partial charge is 0.255 e. The molecule has 0 saturated heterocycles. The number of anilines is 1. The Hall–Kier alpha value is -2.38. The van der Waals surface area contributed by atoms with Crippen LogP contribution in [0.5, 0.6) is 5.75 Å². The van der Waals surface area contributed by atoms with Crippen LogP contribution >= 0.6 is 0 Å². The summed E-state index contributed by atoms with van der Waals surface area (Å²) < 4.78 is 31.5. The summed E-state index contributed by atoms with van der Waals surface area (Å²) in [4.78, 5) is 12.5. The fourth-order valence-electron chi connectivity index (χ4n) is 2.48. The largest absolute Gasteiger partial charge is 0.497 e. The normalized spacial score (nSPS) is 14.4. The number of sulfonamides is 1. The van der Waals surface area contributed by atoms with E-state index in [9.17, 15) is 13.2 Å². The second-order valence-electron chi connectivity index (χ2n) is 5.96. The van der Waals surface area contributed by atoms with Crippen molar-refractivity contribution in [2.75, 3.05) is 19.5 Å². The molecule has 25 heavy (non-hydrogen) atoms. The second kappa shape index (κ2) is 6.85. The van der Waals surface area contributed by atoms with E-state index in [4.69, 9.17) is 4.74 Å². The highest BCUT2D eigenvalue weighted by Gasteiger charge is 2.34. The molecule has 0 aliphatic heterocycles. The molecule has 3 rings (SSSR count). The van der Waals surface area contributed by atoms with Crippen LogP contribution in [0.4, 0.5) is 5.69 Å². The van der Waals surface area contributed by atoms with Crippen molar-refractivity contribution in [2.45, 2.75) is 23.8 Å². The topological polar surface area (TPSA) is 75.7 Å². The van der Waals surface area contributed by atoms with Crippen molar-refractivity contribution < 1.29 is 17.9 Å². The maximum Gasteiger partial charge on any atom is 0.255 e. The van der Waals surface area contributed by atoms with Crippen LogP contribution in [-0.2, 0) is 10.0 Å². The first-order valence-electron chi connectivity index (χ1n) is 7.95. The highest BCUT2D eigenvalue weighted by molar-refractivity contribution is 7.89. The summed E-state index contributed by atoms with van der Waals surface area (Å²) in [6.45, 7) is 0. The first-order valence-corrected chi connectivity index (χ1v) is 9.39. The van der Waals surface area contributed by atoms with Crippen molar-refractivity contribution in [2.24, 2.45) is 0 Å². The molecule has 0 spiro atoms. The van der Waals surface area contributed by atoms with Gasteiger partial charge in [0, 0.05) is 30.4 Å². The summed E-state index contributed by atoms with van der Waals surface area (Å²) in [5, 5.41) is 2.76. The third-order valence-electron chi connectivity index (χ3n) is 4.18. The molecule has 1 saturated carbocycles. The predicted octanol–water partition coefficient (Wildman–Crippen LogP) is 2.73. The maximum atomic E-state index is 12.5. The van der Waals surface area contributed by atoms with Crippen LogP contribution in [0.25, 0.3) is 0 Å². The Morgan fingerprint density at radius 2 is 1.84 bits per heavy atom. The molecule has 0 bridgehead atoms. The summed E-state index contributed by atoms with van der Waals surface area (Å²) in [6.07, 6.45) is 1.80. The van der Waals surface area contributed by atoms with E-state index in [1.807, 2.05) is 0 Å². The van der Waals surface area contributed by atoms with E-state index in [0.717, 1.165) is 12.8 Å². The average Bonchev–Trinajstić information content (AvgIpc) is 3.46. The van der Waals surface area contributed by atoms with Gasteiger partial charge >= 0.3 is 0 Å². The van der Waals surface area contributed by atoms with Crippen LogP contribution in [0, 0.1) is 0 Å². The summed E-state index contributed by atoms with van der Waals surface area (Å²) in [5.74, 6) is 0.329. The molecule has 132 valence electrons. The fourth-order valence-corrected chi connectivity index (χ4v) is 3.90. The number of ether oxygens (including phenoxy) is 1. The highest BCUT2D eigenvalue weighted by Crippen LogP contribution is 2.30. The Balaban J connectivity index is 1.74. The third kappa shape index (κ3) is 3.83. The van der Waals surface area contributed by atoms with Gasteiger partial charge in [0.15, 0.2) is 0 Å². The molecular formula is C18H20N2O4S. The Morgan fingerprint density at radius 3 is 2.44 bits per heavy atom. The van der Waals surface area contributed by atoms with Gasteiger partial charge in [-0.25, -0.2) is 8.42 Å². The van der Waals surface area contributed by atoms with E-state index < -0.39 is 10.0 Å². The van der Waals surface area contributed by atoms with Crippen LogP contribution in [0.3, 0.4) is 0 Å². The molecular weight excluding hydrogens is 340 g/mol. The van der Waals surface area contributed by atoms with E-state index in [1.165, 1.54) is 28.6 Å². The first-order chi connectivity index (χ1) is 11.9. The quantitative estimate of drug-likeness (QED) is 0.859. The molecule has 0 unspecified atom stereocenters. The molecule has 2 aromatic carbocycles. The molecule has 2 aromatic rings. The molecule has 0 heterocycles. The number of nitrogens with one attached hydrogen (secondary N) is 1. The zero-order chi connectivity index (χ0) is 18.0. The van der Waals surface area contributed by atoms with Crippen molar-refractivity contribution in [3.8, 4) is 5.75 Å². The third-order valence-corrected chi connectivity index (χ3v) is 6.11. The number of nitrogens with zero attached hydrogens (tertiary/aromatic N) is 1. The van der Waals surface area contributed by atoms with Crippen LogP contribution in [0.1, 0.15) is 23.2 Å². The first kappa shape index (κ1) is 17.4. The molecule has 6 nitrogen and oxygen atoms in total. The van der Waals surface area contributed by atoms with E-state index in [1.54, 1.807) is 38.4 Å². The number of carbonyl (C=O) groups is 1. The number of rotatable bonds is 6. The van der Waals surface area contributed by atoms with Gasteiger partial charge in [-0.15, -0.1) is 0 Å². The lowest BCUT2D eigenvalue weighted by molar-refractivity contribution is 0.102. The van der Waals surface area contributed by atoms with Gasteiger partial charge in [0.05, 0.1) is 12.0 Å². The SMILES string of the molecule is COc1cccc(NC(=O)c2ccc(S(=O)(=O)N(C)C3CC3)cc2)c1. The maximum absolute atomic E-state index is 12.5. The number of amides is 1. The number of benzene rings is 2. The van der Waals surface area contributed by atoms with Crippen molar-refractivity contribution in [1.82, 2.24) is 4.31 Å². The Bertz CT molecular complexity index is 874. The molecule has 1 aliphatic rings. The minimum absolute atomic E-state index is 0.0982. The van der Waals surface area contributed by atoms with Gasteiger partial charge in [0.1, 0.15) is 5.75 Å². The molecule has 0 aromatic heterocycles. The Kier molecular flexibility index (Phi) is 4.78. The second-order valence-corrected chi connectivity index (χ2v) is 7.96. The fraction of sp³-hybridized carbons (Fsp3) is 0.278. The van der Waals surface area contributed by atoms with Crippen molar-refractivity contribution in [3.05, 3.63) is 54.1 Å². The molecule has 7 heteroatoms. The number of carbonyl (C=O) groups excluding carboxylic acids is 1. The van der Waals surface area contributed by atoms with Gasteiger partial charge < -0.3 is 10.1 Å². The van der Waals surface area contributed by atoms with Gasteiger partial charge in [-0.1, -0.05) is 6.07 Å². The van der Waals surface area contributed by atoms with Crippen molar-refractivity contribution in [3.63, 3.8) is 0 Å². The summed E-state index contributed by atoms with van der Waals surface area (Å²) in [5.41, 5.74) is 0.991. The molecule has 0 atom stereocenters. The standard InChI is InChI=1S/C18H20N2O4S/c1-20(15-8-9-15)25(22,23)17-10-6-13(7-11-17)18(21)19-14-4-3-5-16(12-14)24-2/h3-7,10-12,15H,8-9H2,1-2H3,(H,19,21). The van der Waals surface area contributed by atoms with E-state index in [-0.39, 0.29) is 16.8 Å². The predicted molar refractivity (Wildman–Crippen MR) is 95.4 cm³/mol. The Labute approximate surface area is 147 Å². The number of methoxy groups -OCH3 is 1. The summed E-state index contributed by atoms with van der Waals surface area (Å²) in [6, 6.07) is 13.1. The Morgan fingerprint density at radius 1 is 1.16 bits per heavy atom.